The fraction of sp³-hybridized carbons (Fsp3) is 0.231. The zero-order valence-electron chi connectivity index (χ0n) is 10.6. The lowest BCUT2D eigenvalue weighted by Crippen LogP contribution is -3.00. The number of thiazole rings is 1. The first-order chi connectivity index (χ1) is 8.16. The monoisotopic (exact) mass is 281 g/mol. The first kappa shape index (κ1) is 14.7. The third-order valence-corrected chi connectivity index (χ3v) is 3.63. The van der Waals surface area contributed by atoms with Gasteiger partial charge in [-0.3, -0.25) is 5.43 Å². The molecule has 0 fully saturated rings. The predicted molar refractivity (Wildman–Crippen MR) is 72.6 cm³/mol. The van der Waals surface area contributed by atoms with Gasteiger partial charge in [0.2, 0.25) is 5.01 Å². The molecule has 0 aliphatic carbocycles. The van der Waals surface area contributed by atoms with Gasteiger partial charge in [-0.05, 0) is 19.1 Å². The Hall–Kier alpha value is -1.39. The Kier molecular flexibility index (Phi) is 5.31. The Labute approximate surface area is 117 Å². The smallest absolute Gasteiger partial charge is 0.233 e. The predicted octanol–water partition coefficient (Wildman–Crippen LogP) is 0.0191. The first-order valence-corrected chi connectivity index (χ1v) is 6.33. The van der Waals surface area contributed by atoms with Crippen LogP contribution < -0.4 is 22.8 Å². The second kappa shape index (κ2) is 6.52. The van der Waals surface area contributed by atoms with Crippen LogP contribution in [0.15, 0.2) is 35.4 Å². The molecule has 0 saturated heterocycles. The van der Waals surface area contributed by atoms with Crippen LogP contribution in [0.2, 0.25) is 0 Å². The molecular formula is C13H16ClN3S. The van der Waals surface area contributed by atoms with E-state index in [1.54, 1.807) is 11.3 Å². The molecule has 3 nitrogen and oxygen atoms in total. The van der Waals surface area contributed by atoms with Crippen LogP contribution in [0.4, 0.5) is 5.69 Å². The summed E-state index contributed by atoms with van der Waals surface area (Å²) in [5.74, 6) is 0. The quantitative estimate of drug-likeness (QED) is 0.625. The zero-order valence-corrected chi connectivity index (χ0v) is 12.2. The van der Waals surface area contributed by atoms with Gasteiger partial charge >= 0.3 is 0 Å². The summed E-state index contributed by atoms with van der Waals surface area (Å²) in [5.41, 5.74) is 6.23. The number of rotatable bonds is 3. The van der Waals surface area contributed by atoms with Gasteiger partial charge in [0, 0.05) is 13.8 Å². The number of hydrazone groups is 1. The third kappa shape index (κ3) is 3.55. The van der Waals surface area contributed by atoms with E-state index in [9.17, 15) is 0 Å². The highest BCUT2D eigenvalue weighted by Crippen LogP contribution is 2.15. The van der Waals surface area contributed by atoms with Gasteiger partial charge in [-0.2, -0.15) is 5.10 Å². The summed E-state index contributed by atoms with van der Waals surface area (Å²) in [6.45, 7) is 6.15. The number of anilines is 1. The van der Waals surface area contributed by atoms with Crippen molar-refractivity contribution in [3.05, 3.63) is 45.9 Å². The first-order valence-electron chi connectivity index (χ1n) is 5.52. The number of hydrogen-bond acceptors (Lipinski definition) is 3. The fourth-order valence-electron chi connectivity index (χ4n) is 1.63. The molecule has 5 heteroatoms. The number of benzene rings is 1. The summed E-state index contributed by atoms with van der Waals surface area (Å²) in [6.07, 6.45) is 0. The molecular weight excluding hydrogens is 266 g/mol. The molecule has 0 radical (unpaired) electrons. The summed E-state index contributed by atoms with van der Waals surface area (Å²) < 4.78 is 0. The van der Waals surface area contributed by atoms with Gasteiger partial charge in [0.15, 0.2) is 5.69 Å². The highest BCUT2D eigenvalue weighted by molar-refractivity contribution is 7.13. The largest absolute Gasteiger partial charge is 1.00 e. The van der Waals surface area contributed by atoms with Crippen LogP contribution >= 0.6 is 11.3 Å². The maximum atomic E-state index is 4.40. The molecule has 18 heavy (non-hydrogen) atoms. The van der Waals surface area contributed by atoms with Crippen LogP contribution in [0.1, 0.15) is 22.5 Å². The van der Waals surface area contributed by atoms with Gasteiger partial charge in [0.1, 0.15) is 4.88 Å². The number of nitrogens with zero attached hydrogens (tertiary/aromatic N) is 1. The maximum Gasteiger partial charge on any atom is 0.233 e. The van der Waals surface area contributed by atoms with E-state index in [-0.39, 0.29) is 12.4 Å². The van der Waals surface area contributed by atoms with Gasteiger partial charge in [-0.15, -0.1) is 0 Å². The minimum atomic E-state index is 0. The minimum Gasteiger partial charge on any atom is -1.00 e. The number of aryl methyl sites for hydroxylation is 2. The lowest BCUT2D eigenvalue weighted by atomic mass is 10.3. The van der Waals surface area contributed by atoms with Gasteiger partial charge in [0.05, 0.1) is 11.4 Å². The van der Waals surface area contributed by atoms with Crippen LogP contribution in [0.5, 0.6) is 0 Å². The van der Waals surface area contributed by atoms with Crippen LogP contribution in [0, 0.1) is 13.8 Å². The number of aromatic nitrogens is 1. The average Bonchev–Trinajstić information content (AvgIpc) is 2.67. The molecule has 0 saturated carbocycles. The van der Waals surface area contributed by atoms with Crippen LogP contribution in [0.25, 0.3) is 0 Å². The molecule has 0 unspecified atom stereocenters. The van der Waals surface area contributed by atoms with E-state index in [0.717, 1.165) is 11.4 Å². The molecule has 0 spiro atoms. The Bertz CT molecular complexity index is 534. The van der Waals surface area contributed by atoms with E-state index < -0.39 is 0 Å². The third-order valence-electron chi connectivity index (χ3n) is 2.41. The second-order valence-electron chi connectivity index (χ2n) is 3.91. The van der Waals surface area contributed by atoms with Crippen LogP contribution in [-0.4, -0.2) is 5.71 Å². The number of H-pyrrole nitrogens is 1. The van der Waals surface area contributed by atoms with Crippen LogP contribution in [-0.2, 0) is 0 Å². The Morgan fingerprint density at radius 1 is 1.22 bits per heavy atom. The molecule has 0 atom stereocenters. The highest BCUT2D eigenvalue weighted by Gasteiger charge is 2.13. The summed E-state index contributed by atoms with van der Waals surface area (Å²) in [4.78, 5) is 4.50. The number of hydrogen-bond donors (Lipinski definition) is 1. The Morgan fingerprint density at radius 2 is 1.89 bits per heavy atom. The van der Waals surface area contributed by atoms with Crippen molar-refractivity contribution in [1.29, 1.82) is 0 Å². The lowest BCUT2D eigenvalue weighted by molar-refractivity contribution is -0.389. The van der Waals surface area contributed by atoms with Crippen molar-refractivity contribution < 1.29 is 17.4 Å². The van der Waals surface area contributed by atoms with Crippen molar-refractivity contribution in [2.75, 3.05) is 5.43 Å². The number of halogens is 1. The highest BCUT2D eigenvalue weighted by atomic mass is 35.5. The number of aromatic amines is 1. The molecule has 0 aliphatic heterocycles. The van der Waals surface area contributed by atoms with Crippen molar-refractivity contribution in [1.82, 2.24) is 0 Å². The molecule has 2 N–H and O–H groups in total. The number of nitrogens with one attached hydrogen (secondary N) is 2. The standard InChI is InChI=1S/C13H15N3S.ClH/c1-9-13(17-11(3)14-9)10(2)15-16-12-7-5-4-6-8-12;/h4-8,16H,1-3H3;1H/b15-10+;. The van der Waals surface area contributed by atoms with E-state index >= 15 is 0 Å². The molecule has 96 valence electrons. The molecule has 0 amide bonds. The van der Waals surface area contributed by atoms with Gasteiger partial charge < -0.3 is 12.4 Å². The summed E-state index contributed by atoms with van der Waals surface area (Å²) in [5, 5.41) is 5.60. The summed E-state index contributed by atoms with van der Waals surface area (Å²) in [6, 6.07) is 9.96. The summed E-state index contributed by atoms with van der Waals surface area (Å²) in [7, 11) is 0. The van der Waals surface area contributed by atoms with Crippen molar-refractivity contribution in [3.63, 3.8) is 0 Å². The van der Waals surface area contributed by atoms with Crippen molar-refractivity contribution >= 4 is 22.7 Å². The minimum absolute atomic E-state index is 0. The van der Waals surface area contributed by atoms with E-state index in [4.69, 9.17) is 0 Å². The molecule has 0 bridgehead atoms. The normalized spacial score (nSPS) is 10.9. The molecule has 1 aromatic carbocycles. The van der Waals surface area contributed by atoms with E-state index in [0.29, 0.717) is 0 Å². The topological polar surface area (TPSA) is 38.5 Å². The Morgan fingerprint density at radius 3 is 2.44 bits per heavy atom. The summed E-state index contributed by atoms with van der Waals surface area (Å²) >= 11 is 1.73. The molecule has 2 aromatic rings. The van der Waals surface area contributed by atoms with Crippen LogP contribution in [0.3, 0.4) is 0 Å². The van der Waals surface area contributed by atoms with Gasteiger partial charge in [0.25, 0.3) is 0 Å². The molecule has 1 aromatic heterocycles. The fourth-order valence-corrected chi connectivity index (χ4v) is 2.54. The Balaban J connectivity index is 0.00000162. The van der Waals surface area contributed by atoms with E-state index in [1.807, 2.05) is 37.3 Å². The van der Waals surface area contributed by atoms with Gasteiger partial charge in [-0.1, -0.05) is 29.5 Å². The zero-order chi connectivity index (χ0) is 12.3. The SMILES string of the molecule is C/C(=N\Nc1ccccc1)c1sc(C)[nH+]c1C.[Cl-]. The van der Waals surface area contributed by atoms with Gasteiger partial charge in [-0.25, -0.2) is 4.98 Å². The molecule has 2 rings (SSSR count). The molecule has 0 aliphatic rings. The second-order valence-corrected chi connectivity index (χ2v) is 5.14. The van der Waals surface area contributed by atoms with E-state index in [1.165, 1.54) is 15.6 Å². The van der Waals surface area contributed by atoms with Crippen molar-refractivity contribution in [2.24, 2.45) is 5.10 Å². The number of para-hydroxylation sites is 1. The van der Waals surface area contributed by atoms with Crippen molar-refractivity contribution in [3.8, 4) is 0 Å². The van der Waals surface area contributed by atoms with Crippen molar-refractivity contribution in [2.45, 2.75) is 20.8 Å². The average molecular weight is 282 g/mol. The molecule has 1 heterocycles. The maximum absolute atomic E-state index is 4.40. The lowest BCUT2D eigenvalue weighted by Gasteiger charge is -2.00. The van der Waals surface area contributed by atoms with E-state index in [2.05, 4.69) is 29.4 Å².